The number of thiophene rings is 2. The monoisotopic (exact) mass is 1100 g/mol. The fourth-order valence-electron chi connectivity index (χ4n) is 9.82. The normalized spacial score (nSPS) is 10.7. The lowest BCUT2D eigenvalue weighted by atomic mass is 10.0. The Morgan fingerprint density at radius 2 is 0.562 bits per heavy atom. The zero-order chi connectivity index (χ0) is 55.9. The second-order valence-electron chi connectivity index (χ2n) is 21.8. The summed E-state index contributed by atoms with van der Waals surface area (Å²) >= 11 is 3.37. The second-order valence-corrected chi connectivity index (χ2v) is 23.9. The molecular weight excluding hydrogens is 1010 g/mol. The summed E-state index contributed by atoms with van der Waals surface area (Å²) in [4.78, 5) is 4.06. The summed E-state index contributed by atoms with van der Waals surface area (Å²) in [7, 11) is 0. The van der Waals surface area contributed by atoms with Gasteiger partial charge >= 0.3 is 0 Å². The molecule has 0 spiro atoms. The average molecular weight is 1100 g/mol. The van der Waals surface area contributed by atoms with Gasteiger partial charge in [0.25, 0.3) is 0 Å². The smallest absolute Gasteiger partial charge is 0.119 e. The number of rotatable bonds is 35. The number of benzene rings is 4. The van der Waals surface area contributed by atoms with Crippen LogP contribution in [-0.4, -0.2) is 13.2 Å². The summed E-state index contributed by atoms with van der Waals surface area (Å²) in [5.41, 5.74) is 8.59. The van der Waals surface area contributed by atoms with E-state index in [0.717, 1.165) is 103 Å². The van der Waals surface area contributed by atoms with Gasteiger partial charge in [0, 0.05) is 33.4 Å². The number of ether oxygens (including phenoxy) is 2. The summed E-state index contributed by atoms with van der Waals surface area (Å²) < 4.78 is 12.2. The van der Waals surface area contributed by atoms with Gasteiger partial charge in [-0.25, -0.2) is 0 Å². The van der Waals surface area contributed by atoms with Crippen LogP contribution < -0.4 is 9.47 Å². The molecule has 0 amide bonds. The molecule has 4 heteroatoms. The lowest BCUT2D eigenvalue weighted by Gasteiger charge is -2.06. The number of hydrogen-bond acceptors (Lipinski definition) is 4. The predicted octanol–water partition coefficient (Wildman–Crippen LogP) is 21.9. The van der Waals surface area contributed by atoms with Crippen LogP contribution in [0.3, 0.4) is 0 Å². The van der Waals surface area contributed by atoms with Gasteiger partial charge in [0.2, 0.25) is 0 Å². The molecule has 0 aliphatic rings. The van der Waals surface area contributed by atoms with E-state index in [-0.39, 0.29) is 0 Å². The summed E-state index contributed by atoms with van der Waals surface area (Å²) in [6, 6.07) is 38.6. The molecule has 0 atom stereocenters. The highest BCUT2D eigenvalue weighted by Gasteiger charge is 2.17. The highest BCUT2D eigenvalue weighted by Crippen LogP contribution is 2.40. The van der Waals surface area contributed by atoms with Gasteiger partial charge < -0.3 is 9.47 Å². The van der Waals surface area contributed by atoms with E-state index >= 15 is 0 Å². The Hall–Kier alpha value is -5.88. The Morgan fingerprint density at radius 3 is 0.887 bits per heavy atom. The molecule has 0 bridgehead atoms. The third kappa shape index (κ3) is 25.3. The lowest BCUT2D eigenvalue weighted by molar-refractivity contribution is 0.304. The van der Waals surface area contributed by atoms with Crippen LogP contribution >= 0.6 is 22.7 Å². The maximum Gasteiger partial charge on any atom is 0.119 e. The average Bonchev–Trinajstić information content (AvgIpc) is 4.13. The molecule has 0 unspecified atom stereocenters. The quantitative estimate of drug-likeness (QED) is 0.0292. The van der Waals surface area contributed by atoms with E-state index in [1.54, 1.807) is 22.7 Å². The maximum atomic E-state index is 6.11. The van der Waals surface area contributed by atoms with Crippen LogP contribution in [0.4, 0.5) is 0 Å². The van der Waals surface area contributed by atoms with Crippen molar-refractivity contribution in [1.82, 2.24) is 0 Å². The van der Waals surface area contributed by atoms with Crippen molar-refractivity contribution < 1.29 is 9.47 Å². The van der Waals surface area contributed by atoms with Crippen LogP contribution in [0, 0.1) is 47.4 Å². The van der Waals surface area contributed by atoms with Crippen LogP contribution in [0.25, 0.3) is 9.75 Å². The molecule has 0 fully saturated rings. The SMILES string of the molecule is CCCCCCCCCOc1ccc(C#Cc2cc(C#Cc3ccc(CCCCCCCCC)cc3)c(-c3sc(C#Cc4ccc(OCCCCCCCCC)cc4)cc3C#Cc3ccc(CCCCCCCCC)cc3)s2)cc1. The van der Waals surface area contributed by atoms with E-state index in [9.17, 15) is 0 Å². The highest BCUT2D eigenvalue weighted by molar-refractivity contribution is 7.23. The molecule has 0 saturated heterocycles. The van der Waals surface area contributed by atoms with Gasteiger partial charge in [-0.15, -0.1) is 22.7 Å². The molecule has 422 valence electrons. The Labute approximate surface area is 494 Å². The van der Waals surface area contributed by atoms with E-state index in [1.165, 1.54) is 178 Å². The molecule has 2 nitrogen and oxygen atoms in total. The van der Waals surface area contributed by atoms with Crippen molar-refractivity contribution in [3.05, 3.63) is 163 Å². The number of hydrogen-bond donors (Lipinski definition) is 0. The first-order valence-electron chi connectivity index (χ1n) is 31.5. The lowest BCUT2D eigenvalue weighted by Crippen LogP contribution is -1.97. The van der Waals surface area contributed by atoms with Gasteiger partial charge in [-0.05, 0) is 135 Å². The Morgan fingerprint density at radius 1 is 0.287 bits per heavy atom. The van der Waals surface area contributed by atoms with Crippen molar-refractivity contribution in [1.29, 1.82) is 0 Å². The fraction of sp³-hybridized carbons (Fsp3) is 0.474. The number of unbranched alkanes of at least 4 members (excludes halogenated alkanes) is 24. The molecule has 6 aromatic rings. The topological polar surface area (TPSA) is 18.5 Å². The minimum atomic E-state index is 0.750. The van der Waals surface area contributed by atoms with Crippen LogP contribution in [0.15, 0.2) is 109 Å². The van der Waals surface area contributed by atoms with E-state index in [0.29, 0.717) is 0 Å². The molecule has 2 heterocycles. The van der Waals surface area contributed by atoms with Gasteiger partial charge in [-0.1, -0.05) is 253 Å². The molecule has 2 aromatic heterocycles. The molecule has 0 saturated carbocycles. The van der Waals surface area contributed by atoms with Crippen LogP contribution in [-0.2, 0) is 12.8 Å². The van der Waals surface area contributed by atoms with Crippen molar-refractivity contribution in [3.63, 3.8) is 0 Å². The molecule has 0 aliphatic heterocycles. The Balaban J connectivity index is 1.25. The van der Waals surface area contributed by atoms with E-state index in [4.69, 9.17) is 9.47 Å². The van der Waals surface area contributed by atoms with Crippen LogP contribution in [0.2, 0.25) is 0 Å². The Bertz CT molecular complexity index is 2680. The minimum Gasteiger partial charge on any atom is -0.494 e. The third-order valence-electron chi connectivity index (χ3n) is 14.8. The van der Waals surface area contributed by atoms with Crippen molar-refractivity contribution in [2.75, 3.05) is 13.2 Å². The summed E-state index contributed by atoms with van der Waals surface area (Å²) in [6.45, 7) is 10.6. The second kappa shape index (κ2) is 39.5. The molecule has 80 heavy (non-hydrogen) atoms. The number of aryl methyl sites for hydroxylation is 2. The third-order valence-corrected chi connectivity index (χ3v) is 17.1. The predicted molar refractivity (Wildman–Crippen MR) is 348 cm³/mol. The summed E-state index contributed by atoms with van der Waals surface area (Å²) in [5, 5.41) is 0. The standard InChI is InChI=1S/C76H94O2S2/c1-5-9-13-17-21-25-29-33-63-35-39-65(40-36-63)43-51-69-61-73(57-49-67-45-53-71(54-46-67)77-59-31-27-23-19-15-11-7-3)79-75(69)76-70(52-44-66-41-37-64(38-42-66)34-30-26-22-18-14-10-6-2)62-74(80-76)58-50-68-47-55-72(56-48-68)78-60-32-28-24-20-16-12-8-4/h35-42,45-48,53-56,61-62H,5-34,59-60H2,1-4H3. The first-order chi connectivity index (χ1) is 39.5. The zero-order valence-electron chi connectivity index (χ0n) is 49.7. The molecule has 6 rings (SSSR count). The highest BCUT2D eigenvalue weighted by atomic mass is 32.1. The van der Waals surface area contributed by atoms with E-state index in [1.807, 2.05) is 24.3 Å². The minimum absolute atomic E-state index is 0.750. The van der Waals surface area contributed by atoms with Gasteiger partial charge in [0.1, 0.15) is 11.5 Å². The fourth-order valence-corrected chi connectivity index (χ4v) is 11.9. The van der Waals surface area contributed by atoms with Crippen LogP contribution in [0.1, 0.15) is 262 Å². The molecule has 0 radical (unpaired) electrons. The van der Waals surface area contributed by atoms with Crippen molar-refractivity contribution >= 4 is 22.7 Å². The molecule has 0 aliphatic carbocycles. The van der Waals surface area contributed by atoms with Crippen molar-refractivity contribution in [3.8, 4) is 68.6 Å². The molecular formula is C76H94O2S2. The Kier molecular flexibility index (Phi) is 31.3. The van der Waals surface area contributed by atoms with Gasteiger partial charge in [0.15, 0.2) is 0 Å². The zero-order valence-corrected chi connectivity index (χ0v) is 51.3. The van der Waals surface area contributed by atoms with Gasteiger partial charge in [-0.3, -0.25) is 0 Å². The van der Waals surface area contributed by atoms with Gasteiger partial charge in [0.05, 0.1) is 32.7 Å². The summed E-state index contributed by atoms with van der Waals surface area (Å²) in [5.74, 6) is 30.1. The van der Waals surface area contributed by atoms with Crippen molar-refractivity contribution in [2.24, 2.45) is 0 Å². The van der Waals surface area contributed by atoms with E-state index < -0.39 is 0 Å². The molecule has 4 aromatic carbocycles. The maximum absolute atomic E-state index is 6.11. The van der Waals surface area contributed by atoms with E-state index in [2.05, 4.69) is 160 Å². The summed E-state index contributed by atoms with van der Waals surface area (Å²) in [6.07, 6.45) is 38.5. The largest absolute Gasteiger partial charge is 0.494 e. The first kappa shape index (κ1) is 63.3. The van der Waals surface area contributed by atoms with Crippen LogP contribution in [0.5, 0.6) is 11.5 Å². The van der Waals surface area contributed by atoms with Crippen molar-refractivity contribution in [2.45, 2.75) is 220 Å². The van der Waals surface area contributed by atoms with Gasteiger partial charge in [-0.2, -0.15) is 0 Å². The molecule has 0 N–H and O–H groups in total. The first-order valence-corrected chi connectivity index (χ1v) is 33.2.